The number of nitrogens with zero attached hydrogens (tertiary/aromatic N) is 3. The van der Waals surface area contributed by atoms with E-state index in [4.69, 9.17) is 17.3 Å². The predicted octanol–water partition coefficient (Wildman–Crippen LogP) is 1.79. The molecule has 6 atom stereocenters. The van der Waals surface area contributed by atoms with Crippen molar-refractivity contribution in [2.45, 2.75) is 31.0 Å². The topological polar surface area (TPSA) is 156 Å². The highest BCUT2D eigenvalue weighted by molar-refractivity contribution is 6.28. The van der Waals surface area contributed by atoms with Crippen molar-refractivity contribution in [1.82, 2.24) is 15.3 Å². The molecule has 12 heteroatoms. The molecule has 1 heterocycles. The Labute approximate surface area is 187 Å². The van der Waals surface area contributed by atoms with Gasteiger partial charge < -0.3 is 21.5 Å². The second-order valence-corrected chi connectivity index (χ2v) is 8.55. The van der Waals surface area contributed by atoms with E-state index in [0.29, 0.717) is 18.4 Å². The Morgan fingerprint density at radius 2 is 2.22 bits per heavy atom. The van der Waals surface area contributed by atoms with Crippen LogP contribution < -0.4 is 16.4 Å². The number of nitro benzene ring substituents is 1. The molecule has 2 aromatic rings. The third-order valence-electron chi connectivity index (χ3n) is 6.39. The number of aliphatic hydroxyl groups excluding tert-OH is 1. The van der Waals surface area contributed by atoms with Crippen molar-refractivity contribution in [3.63, 3.8) is 0 Å². The lowest BCUT2D eigenvalue weighted by Gasteiger charge is -2.36. The Morgan fingerprint density at radius 3 is 2.94 bits per heavy atom. The van der Waals surface area contributed by atoms with E-state index in [-0.39, 0.29) is 41.2 Å². The lowest BCUT2D eigenvalue weighted by Crippen LogP contribution is -2.51. The van der Waals surface area contributed by atoms with Crippen LogP contribution in [0.15, 0.2) is 30.5 Å². The number of carbonyl (C=O) groups excluding carboxylic acids is 1. The van der Waals surface area contributed by atoms with E-state index in [1.165, 1.54) is 18.2 Å². The van der Waals surface area contributed by atoms with Crippen LogP contribution in [0.4, 0.5) is 15.9 Å². The van der Waals surface area contributed by atoms with E-state index in [0.717, 1.165) is 6.20 Å². The fraction of sp³-hybridized carbons (Fsp3) is 0.450. The van der Waals surface area contributed by atoms with Crippen LogP contribution >= 0.6 is 11.6 Å². The minimum Gasteiger partial charge on any atom is -0.387 e. The van der Waals surface area contributed by atoms with E-state index < -0.39 is 34.7 Å². The van der Waals surface area contributed by atoms with Crippen molar-refractivity contribution in [1.29, 1.82) is 0 Å². The fourth-order valence-corrected chi connectivity index (χ4v) is 5.17. The summed E-state index contributed by atoms with van der Waals surface area (Å²) in [6.45, 7) is 0.163. The molecule has 1 amide bonds. The Morgan fingerprint density at radius 1 is 1.44 bits per heavy atom. The number of nitrogens with two attached hydrogens (primary N) is 1. The first kappa shape index (κ1) is 22.3. The minimum atomic E-state index is -0.953. The number of non-ortho nitro benzene ring substituents is 1. The zero-order chi connectivity index (χ0) is 23.0. The predicted molar refractivity (Wildman–Crippen MR) is 113 cm³/mol. The molecule has 32 heavy (non-hydrogen) atoms. The van der Waals surface area contributed by atoms with Gasteiger partial charge in [-0.25, -0.2) is 9.37 Å². The summed E-state index contributed by atoms with van der Waals surface area (Å²) < 4.78 is 14.2. The molecule has 0 spiro atoms. The first-order valence-corrected chi connectivity index (χ1v) is 10.5. The Kier molecular flexibility index (Phi) is 6.22. The number of aromatic nitrogens is 2. The summed E-state index contributed by atoms with van der Waals surface area (Å²) in [5.74, 6) is -1.81. The highest BCUT2D eigenvalue weighted by Crippen LogP contribution is 2.49. The minimum absolute atomic E-state index is 0.00262. The number of aliphatic hydroxyl groups is 1. The van der Waals surface area contributed by atoms with Gasteiger partial charge in [0.15, 0.2) is 11.6 Å². The summed E-state index contributed by atoms with van der Waals surface area (Å²) in [6.07, 6.45) is 1.38. The third-order valence-corrected chi connectivity index (χ3v) is 6.57. The number of hydrogen-bond donors (Lipinski definition) is 4. The molecule has 1 aromatic heterocycles. The molecule has 1 unspecified atom stereocenters. The zero-order valence-corrected chi connectivity index (χ0v) is 17.6. The maximum atomic E-state index is 14.2. The van der Waals surface area contributed by atoms with Crippen LogP contribution in [0.3, 0.4) is 0 Å². The second-order valence-electron chi connectivity index (χ2n) is 8.21. The summed E-state index contributed by atoms with van der Waals surface area (Å²) in [5.41, 5.74) is 5.96. The molecule has 2 bridgehead atoms. The number of amides is 1. The lowest BCUT2D eigenvalue weighted by molar-refractivity contribution is -0.385. The average Bonchev–Trinajstić information content (AvgIpc) is 3.33. The summed E-state index contributed by atoms with van der Waals surface area (Å²) in [6, 6.07) is 5.31. The molecule has 2 fully saturated rings. The van der Waals surface area contributed by atoms with Gasteiger partial charge in [-0.05, 0) is 41.8 Å². The molecule has 2 saturated carbocycles. The van der Waals surface area contributed by atoms with E-state index in [2.05, 4.69) is 20.6 Å². The largest absolute Gasteiger partial charge is 0.387 e. The first-order valence-electron chi connectivity index (χ1n) is 10.1. The van der Waals surface area contributed by atoms with Crippen molar-refractivity contribution in [2.24, 2.45) is 23.5 Å². The van der Waals surface area contributed by atoms with Gasteiger partial charge in [-0.3, -0.25) is 14.9 Å². The van der Waals surface area contributed by atoms with Gasteiger partial charge >= 0.3 is 0 Å². The number of rotatable bonds is 8. The normalized spacial score (nSPS) is 27.3. The molecule has 0 saturated heterocycles. The van der Waals surface area contributed by atoms with Crippen LogP contribution in [-0.2, 0) is 4.79 Å². The number of nitrogens with one attached hydrogen (secondary N) is 2. The lowest BCUT2D eigenvalue weighted by atomic mass is 9.81. The number of nitro groups is 1. The van der Waals surface area contributed by atoms with E-state index in [1.807, 2.05) is 0 Å². The van der Waals surface area contributed by atoms with Gasteiger partial charge in [-0.1, -0.05) is 12.1 Å². The van der Waals surface area contributed by atoms with Crippen LogP contribution in [0.25, 0.3) is 0 Å². The van der Waals surface area contributed by atoms with Crippen molar-refractivity contribution in [2.75, 3.05) is 11.9 Å². The van der Waals surface area contributed by atoms with Crippen LogP contribution in [-0.4, -0.2) is 44.5 Å². The van der Waals surface area contributed by atoms with Gasteiger partial charge in [0.2, 0.25) is 11.2 Å². The van der Waals surface area contributed by atoms with Gasteiger partial charge in [-0.15, -0.1) is 0 Å². The highest BCUT2D eigenvalue weighted by atomic mass is 35.5. The summed E-state index contributed by atoms with van der Waals surface area (Å²) >= 11 is 5.78. The monoisotopic (exact) mass is 464 g/mol. The average molecular weight is 465 g/mol. The number of benzene rings is 1. The molecule has 170 valence electrons. The number of hydrogen-bond acceptors (Lipinski definition) is 8. The molecule has 1 aromatic carbocycles. The molecule has 0 aliphatic heterocycles. The number of fused-ring (bicyclic) bond motifs is 2. The van der Waals surface area contributed by atoms with Crippen LogP contribution in [0, 0.1) is 33.7 Å². The molecule has 4 rings (SSSR count). The zero-order valence-electron chi connectivity index (χ0n) is 16.8. The number of primary amides is 1. The summed E-state index contributed by atoms with van der Waals surface area (Å²) in [4.78, 5) is 30.0. The van der Waals surface area contributed by atoms with Crippen molar-refractivity contribution < 1.29 is 19.2 Å². The van der Waals surface area contributed by atoms with Crippen LogP contribution in [0.1, 0.15) is 24.5 Å². The molecule has 2 aliphatic carbocycles. The molecular formula is C20H22ClFN6O4. The Balaban J connectivity index is 1.46. The fourth-order valence-electron chi connectivity index (χ4n) is 5.03. The quantitative estimate of drug-likeness (QED) is 0.261. The SMILES string of the molecule is NC(=O)[C@H]1[C@H]2C[C@@H]([C@H]1Nc1nc(Cl)ncc1F)[C@H](NCC(O)c1cccc([N+](=O)[O-])c1)C2. The third kappa shape index (κ3) is 4.36. The maximum Gasteiger partial charge on any atom is 0.269 e. The van der Waals surface area contributed by atoms with Gasteiger partial charge in [0.05, 0.1) is 23.1 Å². The standard InChI is InChI=1S/C20H22ClFN6O4/c21-20-25-7-13(22)19(27-20)26-17-12-5-10(16(17)18(23)30)6-14(12)24-8-15(29)9-2-1-3-11(4-9)28(31)32/h1-4,7,10,12,14-17,24,29H,5-6,8H2,(H2,23,30)(H,25,26,27)/t10-,12+,14+,15?,16-,17+/m0/s1. The van der Waals surface area contributed by atoms with Crippen LogP contribution in [0.2, 0.25) is 5.28 Å². The smallest absolute Gasteiger partial charge is 0.269 e. The summed E-state index contributed by atoms with van der Waals surface area (Å²) in [7, 11) is 0. The van der Waals surface area contributed by atoms with E-state index >= 15 is 0 Å². The van der Waals surface area contributed by atoms with Gasteiger partial charge in [0, 0.05) is 30.8 Å². The maximum absolute atomic E-state index is 14.2. The summed E-state index contributed by atoms with van der Waals surface area (Å²) in [5, 5.41) is 27.6. The molecule has 10 nitrogen and oxygen atoms in total. The number of anilines is 1. The Hall–Kier alpha value is -2.89. The second kappa shape index (κ2) is 8.93. The molecule has 5 N–H and O–H groups in total. The molecule has 0 radical (unpaired) electrons. The highest BCUT2D eigenvalue weighted by Gasteiger charge is 2.55. The number of halogens is 2. The first-order chi connectivity index (χ1) is 15.2. The molecule has 2 aliphatic rings. The Bertz CT molecular complexity index is 1040. The number of carbonyl (C=O) groups is 1. The molecular weight excluding hydrogens is 443 g/mol. The van der Waals surface area contributed by atoms with Crippen molar-refractivity contribution >= 4 is 29.0 Å². The van der Waals surface area contributed by atoms with Gasteiger partial charge in [0.1, 0.15) is 0 Å². The van der Waals surface area contributed by atoms with E-state index in [1.54, 1.807) is 6.07 Å². The van der Waals surface area contributed by atoms with E-state index in [9.17, 15) is 24.4 Å². The van der Waals surface area contributed by atoms with Crippen LogP contribution in [0.5, 0.6) is 0 Å². The van der Waals surface area contributed by atoms with Gasteiger partial charge in [0.25, 0.3) is 5.69 Å². The van der Waals surface area contributed by atoms with Crippen molar-refractivity contribution in [3.05, 3.63) is 57.2 Å². The van der Waals surface area contributed by atoms with Crippen molar-refractivity contribution in [3.8, 4) is 0 Å². The van der Waals surface area contributed by atoms with Gasteiger partial charge in [-0.2, -0.15) is 4.98 Å².